The van der Waals surface area contributed by atoms with E-state index in [0.717, 1.165) is 49.4 Å². The average Bonchev–Trinajstić information content (AvgIpc) is 2.78. The summed E-state index contributed by atoms with van der Waals surface area (Å²) in [4.78, 5) is 12.1. The first-order valence-corrected chi connectivity index (χ1v) is 7.93. The van der Waals surface area contributed by atoms with Gasteiger partial charge in [-0.1, -0.05) is 0 Å². The Hall–Kier alpha value is -0.450. The van der Waals surface area contributed by atoms with Crippen LogP contribution in [0.2, 0.25) is 0 Å². The van der Waals surface area contributed by atoms with Crippen LogP contribution >= 0.6 is 35.3 Å². The molecule has 0 atom stereocenters. The van der Waals surface area contributed by atoms with E-state index in [-0.39, 0.29) is 24.0 Å². The van der Waals surface area contributed by atoms with Crippen LogP contribution in [-0.2, 0) is 11.3 Å². The molecule has 0 bridgehead atoms. The van der Waals surface area contributed by atoms with Gasteiger partial charge in [-0.25, -0.2) is 4.98 Å². The third-order valence-electron chi connectivity index (χ3n) is 3.10. The van der Waals surface area contributed by atoms with Crippen LogP contribution in [0.1, 0.15) is 15.6 Å². The number of nitrogens with one attached hydrogen (secondary N) is 2. The van der Waals surface area contributed by atoms with E-state index >= 15 is 0 Å². The Bertz CT molecular complexity index is 452. The second-order valence-electron chi connectivity index (χ2n) is 4.89. The highest BCUT2D eigenvalue weighted by molar-refractivity contribution is 14.0. The second kappa shape index (κ2) is 12.0. The Morgan fingerprint density at radius 2 is 2.05 bits per heavy atom. The van der Waals surface area contributed by atoms with Crippen LogP contribution in [-0.4, -0.2) is 63.3 Å². The third-order valence-corrected chi connectivity index (χ3v) is 4.18. The predicted octanol–water partition coefficient (Wildman–Crippen LogP) is 1.62. The van der Waals surface area contributed by atoms with Crippen LogP contribution in [0.15, 0.2) is 4.99 Å². The van der Waals surface area contributed by atoms with Crippen molar-refractivity contribution in [3.63, 3.8) is 0 Å². The quantitative estimate of drug-likeness (QED) is 0.365. The number of rotatable bonds is 8. The van der Waals surface area contributed by atoms with Crippen LogP contribution < -0.4 is 10.6 Å². The van der Waals surface area contributed by atoms with E-state index in [1.165, 1.54) is 4.88 Å². The number of hydrogen-bond acceptors (Lipinski definition) is 5. The maximum absolute atomic E-state index is 5.06. The molecule has 1 rings (SSSR count). The van der Waals surface area contributed by atoms with Crippen LogP contribution in [0.5, 0.6) is 0 Å². The first kappa shape index (κ1) is 21.6. The Labute approximate surface area is 154 Å². The number of aliphatic imine (C=N–C) groups is 1. The zero-order valence-corrected chi connectivity index (χ0v) is 17.2. The van der Waals surface area contributed by atoms with Crippen molar-refractivity contribution < 1.29 is 4.74 Å². The van der Waals surface area contributed by atoms with Crippen molar-refractivity contribution in [2.75, 3.05) is 47.4 Å². The Balaban J connectivity index is 0.00000441. The highest BCUT2D eigenvalue weighted by atomic mass is 127. The molecule has 22 heavy (non-hydrogen) atoms. The molecule has 0 unspecified atom stereocenters. The van der Waals surface area contributed by atoms with Crippen LogP contribution in [0, 0.1) is 13.8 Å². The molecule has 0 saturated heterocycles. The lowest BCUT2D eigenvalue weighted by Gasteiger charge is -2.17. The molecule has 1 aromatic heterocycles. The van der Waals surface area contributed by atoms with Crippen molar-refractivity contribution in [2.45, 2.75) is 20.4 Å². The van der Waals surface area contributed by atoms with Gasteiger partial charge in [-0.2, -0.15) is 0 Å². The fraction of sp³-hybridized carbons (Fsp3) is 0.714. The van der Waals surface area contributed by atoms with E-state index in [4.69, 9.17) is 4.74 Å². The SMILES string of the molecule is CN=C(NCCN(C)CCOC)NCc1sc(C)nc1C.I. The van der Waals surface area contributed by atoms with Gasteiger partial charge in [-0.15, -0.1) is 35.3 Å². The maximum Gasteiger partial charge on any atom is 0.191 e. The standard InChI is InChI=1S/C14H27N5OS.HI/c1-11-13(21-12(2)18-11)10-17-14(15-3)16-6-7-19(4)8-9-20-5;/h6-10H2,1-5H3,(H2,15,16,17);1H. The minimum atomic E-state index is 0. The molecule has 0 radical (unpaired) electrons. The monoisotopic (exact) mass is 441 g/mol. The molecule has 0 aliphatic carbocycles. The number of methoxy groups -OCH3 is 1. The number of aryl methyl sites for hydroxylation is 2. The largest absolute Gasteiger partial charge is 0.383 e. The molecule has 0 fully saturated rings. The smallest absolute Gasteiger partial charge is 0.191 e. The number of guanidine groups is 1. The van der Waals surface area contributed by atoms with Crippen LogP contribution in [0.25, 0.3) is 0 Å². The lowest BCUT2D eigenvalue weighted by atomic mass is 10.4. The Morgan fingerprint density at radius 3 is 2.59 bits per heavy atom. The van der Waals surface area contributed by atoms with Gasteiger partial charge in [0.1, 0.15) is 0 Å². The first-order chi connectivity index (χ1) is 10.1. The molecule has 0 aromatic carbocycles. The molecule has 1 aromatic rings. The van der Waals surface area contributed by atoms with E-state index in [9.17, 15) is 0 Å². The second-order valence-corrected chi connectivity index (χ2v) is 6.18. The summed E-state index contributed by atoms with van der Waals surface area (Å²) in [7, 11) is 5.59. The highest BCUT2D eigenvalue weighted by Gasteiger charge is 2.06. The van der Waals surface area contributed by atoms with Gasteiger partial charge in [0.2, 0.25) is 0 Å². The number of nitrogens with zero attached hydrogens (tertiary/aromatic N) is 3. The molecule has 6 nitrogen and oxygen atoms in total. The van der Waals surface area contributed by atoms with E-state index in [1.807, 2.05) is 13.8 Å². The summed E-state index contributed by atoms with van der Waals surface area (Å²) in [6.45, 7) is 8.32. The van der Waals surface area contributed by atoms with Crippen molar-refractivity contribution >= 4 is 41.3 Å². The zero-order valence-electron chi connectivity index (χ0n) is 14.1. The minimum Gasteiger partial charge on any atom is -0.383 e. The van der Waals surface area contributed by atoms with Gasteiger partial charge in [0, 0.05) is 38.7 Å². The normalized spacial score (nSPS) is 11.5. The van der Waals surface area contributed by atoms with Gasteiger partial charge < -0.3 is 20.3 Å². The number of hydrogen-bond donors (Lipinski definition) is 2. The van der Waals surface area contributed by atoms with E-state index < -0.39 is 0 Å². The Kier molecular flexibility index (Phi) is 11.8. The fourth-order valence-electron chi connectivity index (χ4n) is 1.85. The van der Waals surface area contributed by atoms with Gasteiger partial charge in [0.15, 0.2) is 5.96 Å². The van der Waals surface area contributed by atoms with Gasteiger partial charge in [-0.3, -0.25) is 4.99 Å². The zero-order chi connectivity index (χ0) is 15.7. The van der Waals surface area contributed by atoms with Crippen molar-refractivity contribution in [3.05, 3.63) is 15.6 Å². The third kappa shape index (κ3) is 8.25. The number of likely N-dealkylation sites (N-methyl/N-ethyl adjacent to an activating group) is 1. The predicted molar refractivity (Wildman–Crippen MR) is 105 cm³/mol. The number of aromatic nitrogens is 1. The molecular formula is C14H28IN5OS. The lowest BCUT2D eigenvalue weighted by Crippen LogP contribution is -2.41. The van der Waals surface area contributed by atoms with Crippen LogP contribution in [0.4, 0.5) is 0 Å². The fourth-order valence-corrected chi connectivity index (χ4v) is 2.72. The van der Waals surface area contributed by atoms with Crippen molar-refractivity contribution in [1.82, 2.24) is 20.5 Å². The summed E-state index contributed by atoms with van der Waals surface area (Å²) in [6.07, 6.45) is 0. The topological polar surface area (TPSA) is 61.8 Å². The molecule has 0 aliphatic rings. The highest BCUT2D eigenvalue weighted by Crippen LogP contribution is 2.16. The summed E-state index contributed by atoms with van der Waals surface area (Å²) in [5, 5.41) is 7.74. The van der Waals surface area contributed by atoms with Gasteiger partial charge in [0.25, 0.3) is 0 Å². The molecule has 128 valence electrons. The van der Waals surface area contributed by atoms with E-state index in [0.29, 0.717) is 0 Å². The minimum absolute atomic E-state index is 0. The maximum atomic E-state index is 5.06. The summed E-state index contributed by atoms with van der Waals surface area (Å²) < 4.78 is 5.06. The van der Waals surface area contributed by atoms with Crippen molar-refractivity contribution in [2.24, 2.45) is 4.99 Å². The summed E-state index contributed by atoms with van der Waals surface area (Å²) in [6, 6.07) is 0. The van der Waals surface area contributed by atoms with E-state index in [2.05, 4.69) is 32.6 Å². The molecule has 1 heterocycles. The van der Waals surface area contributed by atoms with E-state index in [1.54, 1.807) is 25.5 Å². The van der Waals surface area contributed by atoms with Crippen molar-refractivity contribution in [1.29, 1.82) is 0 Å². The Morgan fingerprint density at radius 1 is 1.32 bits per heavy atom. The molecule has 0 aliphatic heterocycles. The molecule has 2 N–H and O–H groups in total. The summed E-state index contributed by atoms with van der Waals surface area (Å²) in [5.74, 6) is 0.820. The first-order valence-electron chi connectivity index (χ1n) is 7.11. The number of thiazole rings is 1. The molecule has 8 heteroatoms. The summed E-state index contributed by atoms with van der Waals surface area (Å²) >= 11 is 1.73. The molecule has 0 saturated carbocycles. The lowest BCUT2D eigenvalue weighted by molar-refractivity contribution is 0.162. The number of ether oxygens (including phenoxy) is 1. The van der Waals surface area contributed by atoms with Crippen LogP contribution in [0.3, 0.4) is 0 Å². The number of halogens is 1. The molecule has 0 amide bonds. The molecular weight excluding hydrogens is 413 g/mol. The van der Waals surface area contributed by atoms with Gasteiger partial charge in [0.05, 0.1) is 23.9 Å². The van der Waals surface area contributed by atoms with Gasteiger partial charge >= 0.3 is 0 Å². The molecule has 0 spiro atoms. The average molecular weight is 441 g/mol. The van der Waals surface area contributed by atoms with Gasteiger partial charge in [-0.05, 0) is 20.9 Å². The summed E-state index contributed by atoms with van der Waals surface area (Å²) in [5.41, 5.74) is 1.10. The van der Waals surface area contributed by atoms with Crippen molar-refractivity contribution in [3.8, 4) is 0 Å².